The fourth-order valence-electron chi connectivity index (χ4n) is 2.94. The molecule has 1 unspecified atom stereocenters. The summed E-state index contributed by atoms with van der Waals surface area (Å²) in [5.74, 6) is 6.03. The maximum absolute atomic E-state index is 5.83. The van der Waals surface area contributed by atoms with Gasteiger partial charge in [-0.25, -0.2) is 0 Å². The number of hydrogen-bond acceptors (Lipinski definition) is 3. The number of rotatable bonds is 10. The van der Waals surface area contributed by atoms with E-state index >= 15 is 0 Å². The van der Waals surface area contributed by atoms with Crippen LogP contribution in [0, 0.1) is 5.92 Å². The Kier molecular flexibility index (Phi) is 8.20. The molecule has 0 saturated carbocycles. The Labute approximate surface area is 141 Å². The molecule has 0 aliphatic carbocycles. The average Bonchev–Trinajstić information content (AvgIpc) is 2.58. The smallest absolute Gasteiger partial charge is 0.0300 e. The minimum Gasteiger partial charge on any atom is -0.391 e. The minimum atomic E-state index is 0.203. The Balaban J connectivity index is 3.22. The molecule has 0 heterocycles. The summed E-state index contributed by atoms with van der Waals surface area (Å²) >= 11 is 0. The van der Waals surface area contributed by atoms with E-state index in [9.17, 15) is 0 Å². The van der Waals surface area contributed by atoms with E-state index in [0.29, 0.717) is 0 Å². The minimum absolute atomic E-state index is 0.203. The molecule has 0 amide bonds. The molecule has 0 spiro atoms. The van der Waals surface area contributed by atoms with Crippen LogP contribution in [0.15, 0.2) is 66.0 Å². The highest BCUT2D eigenvalue weighted by Gasteiger charge is 2.21. The number of allylic oxidation sites excluding steroid dienone is 3. The first-order valence-corrected chi connectivity index (χ1v) is 8.37. The summed E-state index contributed by atoms with van der Waals surface area (Å²) in [5.41, 5.74) is 8.53. The lowest BCUT2D eigenvalue weighted by molar-refractivity contribution is 0.616. The van der Waals surface area contributed by atoms with Crippen molar-refractivity contribution < 1.29 is 0 Å². The van der Waals surface area contributed by atoms with Crippen LogP contribution in [0.1, 0.15) is 38.7 Å². The molecule has 1 aromatic carbocycles. The summed E-state index contributed by atoms with van der Waals surface area (Å²) in [7, 11) is 1.91. The van der Waals surface area contributed by atoms with Crippen LogP contribution in [0.5, 0.6) is 0 Å². The lowest BCUT2D eigenvalue weighted by Crippen LogP contribution is -2.27. The summed E-state index contributed by atoms with van der Waals surface area (Å²) in [6.07, 6.45) is 3.72. The molecule has 1 rings (SSSR count). The van der Waals surface area contributed by atoms with Crippen LogP contribution in [-0.2, 0) is 6.42 Å². The highest BCUT2D eigenvalue weighted by atomic mass is 15.2. The maximum atomic E-state index is 5.83. The van der Waals surface area contributed by atoms with Crippen LogP contribution < -0.4 is 16.6 Å². The van der Waals surface area contributed by atoms with Gasteiger partial charge in [0.2, 0.25) is 0 Å². The normalized spacial score (nSPS) is 13.0. The Bertz CT molecular complexity index is 543. The van der Waals surface area contributed by atoms with Crippen molar-refractivity contribution >= 4 is 0 Å². The van der Waals surface area contributed by atoms with E-state index in [1.54, 1.807) is 0 Å². The third-order valence-electron chi connectivity index (χ3n) is 4.14. The number of benzene rings is 1. The highest BCUT2D eigenvalue weighted by Crippen LogP contribution is 2.31. The van der Waals surface area contributed by atoms with E-state index in [-0.39, 0.29) is 5.92 Å². The van der Waals surface area contributed by atoms with Gasteiger partial charge in [-0.05, 0) is 36.0 Å². The van der Waals surface area contributed by atoms with Gasteiger partial charge in [0.05, 0.1) is 0 Å². The van der Waals surface area contributed by atoms with Crippen molar-refractivity contribution in [3.8, 4) is 0 Å². The predicted octanol–water partition coefficient (Wildman–Crippen LogP) is 4.06. The van der Waals surface area contributed by atoms with E-state index in [1.165, 1.54) is 11.1 Å². The van der Waals surface area contributed by atoms with Crippen LogP contribution in [0.3, 0.4) is 0 Å². The van der Waals surface area contributed by atoms with Gasteiger partial charge >= 0.3 is 0 Å². The number of nitrogens with one attached hydrogen (secondary N) is 2. The molecule has 0 aliphatic heterocycles. The molecule has 1 atom stereocenters. The lowest BCUT2D eigenvalue weighted by atomic mass is 9.84. The van der Waals surface area contributed by atoms with E-state index in [2.05, 4.69) is 62.0 Å². The van der Waals surface area contributed by atoms with E-state index < -0.39 is 0 Å². The summed E-state index contributed by atoms with van der Waals surface area (Å²) < 4.78 is 0. The second-order valence-electron chi connectivity index (χ2n) is 5.79. The van der Waals surface area contributed by atoms with E-state index in [0.717, 1.165) is 42.7 Å². The molecule has 23 heavy (non-hydrogen) atoms. The number of hydrogen-bond donors (Lipinski definition) is 3. The van der Waals surface area contributed by atoms with Crippen molar-refractivity contribution in [1.82, 2.24) is 10.7 Å². The van der Waals surface area contributed by atoms with Crippen LogP contribution >= 0.6 is 0 Å². The zero-order valence-electron chi connectivity index (χ0n) is 14.8. The SMILES string of the molecule is C=C(Cc1ccccc1)/C(=C(/CCC)NN)C(CC)C(=C)NC. The first-order valence-electron chi connectivity index (χ1n) is 8.37. The number of nitrogens with two attached hydrogens (primary N) is 1. The zero-order valence-corrected chi connectivity index (χ0v) is 14.8. The van der Waals surface area contributed by atoms with Crippen molar-refractivity contribution in [2.24, 2.45) is 11.8 Å². The monoisotopic (exact) mass is 313 g/mol. The van der Waals surface area contributed by atoms with Gasteiger partial charge in [-0.2, -0.15) is 0 Å². The standard InChI is InChI=1S/C20H31N3/c1-6-11-19(23-21)20(18(7-2)16(4)22-5)15(3)14-17-12-9-8-10-13-17/h8-10,12-13,18,22-23H,3-4,6-7,11,14,21H2,1-2,5H3/b20-19+. The molecule has 0 fully saturated rings. The summed E-state index contributed by atoms with van der Waals surface area (Å²) in [4.78, 5) is 0. The van der Waals surface area contributed by atoms with Crippen LogP contribution in [-0.4, -0.2) is 7.05 Å². The third-order valence-corrected chi connectivity index (χ3v) is 4.14. The lowest BCUT2D eigenvalue weighted by Gasteiger charge is -2.26. The topological polar surface area (TPSA) is 50.1 Å². The molecule has 0 bridgehead atoms. The third kappa shape index (κ3) is 5.29. The van der Waals surface area contributed by atoms with Crippen LogP contribution in [0.25, 0.3) is 0 Å². The van der Waals surface area contributed by atoms with Crippen LogP contribution in [0.2, 0.25) is 0 Å². The zero-order chi connectivity index (χ0) is 17.2. The van der Waals surface area contributed by atoms with Crippen molar-refractivity contribution in [3.05, 3.63) is 71.6 Å². The molecule has 4 N–H and O–H groups in total. The van der Waals surface area contributed by atoms with Gasteiger partial charge < -0.3 is 10.7 Å². The molecule has 0 saturated heterocycles. The van der Waals surface area contributed by atoms with Crippen molar-refractivity contribution in [3.63, 3.8) is 0 Å². The Morgan fingerprint density at radius 1 is 1.17 bits per heavy atom. The van der Waals surface area contributed by atoms with Crippen molar-refractivity contribution in [2.45, 2.75) is 39.5 Å². The molecule has 0 aliphatic rings. The first kappa shape index (κ1) is 19.0. The predicted molar refractivity (Wildman–Crippen MR) is 101 cm³/mol. The van der Waals surface area contributed by atoms with Gasteiger partial charge in [0, 0.05) is 24.4 Å². The Hall–Kier alpha value is -2.00. The quantitative estimate of drug-likeness (QED) is 0.347. The Morgan fingerprint density at radius 2 is 1.83 bits per heavy atom. The summed E-state index contributed by atoms with van der Waals surface area (Å²) in [6, 6.07) is 10.4. The molecule has 3 nitrogen and oxygen atoms in total. The maximum Gasteiger partial charge on any atom is 0.0300 e. The second kappa shape index (κ2) is 9.90. The molecular formula is C20H31N3. The van der Waals surface area contributed by atoms with Gasteiger partial charge in [-0.1, -0.05) is 63.8 Å². The largest absolute Gasteiger partial charge is 0.391 e. The first-order chi connectivity index (χ1) is 11.1. The van der Waals surface area contributed by atoms with Gasteiger partial charge in [-0.3, -0.25) is 5.84 Å². The van der Waals surface area contributed by atoms with Gasteiger partial charge in [0.1, 0.15) is 0 Å². The molecule has 0 radical (unpaired) electrons. The van der Waals surface area contributed by atoms with Crippen molar-refractivity contribution in [1.29, 1.82) is 0 Å². The fourth-order valence-corrected chi connectivity index (χ4v) is 2.94. The summed E-state index contributed by atoms with van der Waals surface area (Å²) in [6.45, 7) is 12.9. The molecule has 1 aromatic rings. The molecule has 126 valence electrons. The fraction of sp³-hybridized carbons (Fsp3) is 0.400. The molecular weight excluding hydrogens is 282 g/mol. The van der Waals surface area contributed by atoms with Crippen LogP contribution in [0.4, 0.5) is 0 Å². The van der Waals surface area contributed by atoms with Gasteiger partial charge in [0.15, 0.2) is 0 Å². The highest BCUT2D eigenvalue weighted by molar-refractivity contribution is 5.41. The molecule has 3 heteroatoms. The van der Waals surface area contributed by atoms with Gasteiger partial charge in [0.25, 0.3) is 0 Å². The molecule has 0 aromatic heterocycles. The number of hydrazine groups is 1. The second-order valence-corrected chi connectivity index (χ2v) is 5.79. The van der Waals surface area contributed by atoms with Crippen molar-refractivity contribution in [2.75, 3.05) is 7.05 Å². The van der Waals surface area contributed by atoms with E-state index in [4.69, 9.17) is 5.84 Å². The van der Waals surface area contributed by atoms with E-state index in [1.807, 2.05) is 13.1 Å². The van der Waals surface area contributed by atoms with Gasteiger partial charge in [-0.15, -0.1) is 0 Å². The summed E-state index contributed by atoms with van der Waals surface area (Å²) in [5, 5.41) is 3.20. The Morgan fingerprint density at radius 3 is 2.30 bits per heavy atom. The average molecular weight is 313 g/mol.